The van der Waals surface area contributed by atoms with E-state index in [1.54, 1.807) is 18.2 Å². The topological polar surface area (TPSA) is 66.8 Å². The third kappa shape index (κ3) is 2.46. The van der Waals surface area contributed by atoms with Crippen molar-refractivity contribution in [2.75, 3.05) is 12.4 Å². The maximum absolute atomic E-state index is 11.6. The number of carbonyl (C=O) groups excluding carboxylic acids is 1. The molecule has 0 saturated heterocycles. The summed E-state index contributed by atoms with van der Waals surface area (Å²) in [7, 11) is 0. The molecule has 0 amide bonds. The van der Waals surface area contributed by atoms with Crippen molar-refractivity contribution < 1.29 is 19.7 Å². The molecule has 2 atom stereocenters. The van der Waals surface area contributed by atoms with E-state index in [0.717, 1.165) is 0 Å². The molecule has 5 heteroatoms. The second-order valence-electron chi connectivity index (χ2n) is 3.97. The molecular formula is C12H14O4S. The molecule has 0 saturated carbocycles. The van der Waals surface area contributed by atoms with Crippen molar-refractivity contribution in [3.63, 3.8) is 0 Å². The number of aliphatic hydroxyl groups is 2. The first kappa shape index (κ1) is 12.4. The van der Waals surface area contributed by atoms with E-state index < -0.39 is 12.2 Å². The fourth-order valence-electron chi connectivity index (χ4n) is 1.78. The summed E-state index contributed by atoms with van der Waals surface area (Å²) in [6, 6.07) is 4.85. The number of benzene rings is 1. The summed E-state index contributed by atoms with van der Waals surface area (Å²) < 4.78 is 5.37. The maximum atomic E-state index is 11.6. The fourth-order valence-corrected chi connectivity index (χ4v) is 1.98. The number of carbonyl (C=O) groups is 1. The van der Waals surface area contributed by atoms with Crippen molar-refractivity contribution >= 4 is 18.4 Å². The van der Waals surface area contributed by atoms with Crippen molar-refractivity contribution in [3.8, 4) is 5.75 Å². The molecule has 1 aromatic rings. The van der Waals surface area contributed by atoms with Crippen LogP contribution in [0.25, 0.3) is 0 Å². The van der Waals surface area contributed by atoms with Crippen LogP contribution in [0.15, 0.2) is 18.2 Å². The van der Waals surface area contributed by atoms with E-state index in [1.807, 2.05) is 0 Å². The molecule has 2 unspecified atom stereocenters. The Kier molecular flexibility index (Phi) is 3.71. The van der Waals surface area contributed by atoms with E-state index in [-0.39, 0.29) is 11.5 Å². The van der Waals surface area contributed by atoms with Gasteiger partial charge >= 0.3 is 0 Å². The van der Waals surface area contributed by atoms with E-state index in [1.165, 1.54) is 0 Å². The van der Waals surface area contributed by atoms with Gasteiger partial charge in [0, 0.05) is 12.2 Å². The predicted octanol–water partition coefficient (Wildman–Crippen LogP) is 0.976. The second-order valence-corrected chi connectivity index (χ2v) is 4.34. The number of rotatable bonds is 3. The van der Waals surface area contributed by atoms with Crippen LogP contribution < -0.4 is 4.74 Å². The SMILES string of the molecule is O=C1CCOc2cc(C(O)C(O)CS)ccc21. The highest BCUT2D eigenvalue weighted by Gasteiger charge is 2.22. The minimum Gasteiger partial charge on any atom is -0.492 e. The van der Waals surface area contributed by atoms with Gasteiger partial charge in [-0.05, 0) is 17.7 Å². The number of Topliss-reactive ketones (excluding diaryl/α,β-unsaturated/α-hetero) is 1. The molecule has 0 bridgehead atoms. The maximum Gasteiger partial charge on any atom is 0.169 e. The molecule has 0 aromatic heterocycles. The molecule has 0 aliphatic carbocycles. The summed E-state index contributed by atoms with van der Waals surface area (Å²) in [6.45, 7) is 0.362. The van der Waals surface area contributed by atoms with Gasteiger partial charge in [0.2, 0.25) is 0 Å². The lowest BCUT2D eigenvalue weighted by Gasteiger charge is -2.20. The third-order valence-corrected chi connectivity index (χ3v) is 3.16. The Hall–Kier alpha value is -1.04. The normalized spacial score (nSPS) is 18.2. The Bertz CT molecular complexity index is 433. The number of aliphatic hydroxyl groups excluding tert-OH is 2. The van der Waals surface area contributed by atoms with Gasteiger partial charge < -0.3 is 14.9 Å². The van der Waals surface area contributed by atoms with Gasteiger partial charge in [0.1, 0.15) is 11.9 Å². The van der Waals surface area contributed by atoms with Crippen LogP contribution in [0.5, 0.6) is 5.75 Å². The van der Waals surface area contributed by atoms with Gasteiger partial charge in [-0.1, -0.05) is 6.07 Å². The minimum atomic E-state index is -1.02. The monoisotopic (exact) mass is 254 g/mol. The second kappa shape index (κ2) is 5.08. The number of thiol groups is 1. The average Bonchev–Trinajstić information content (AvgIpc) is 2.37. The summed E-state index contributed by atoms with van der Waals surface area (Å²) in [5, 5.41) is 19.3. The van der Waals surface area contributed by atoms with Crippen LogP contribution in [0.2, 0.25) is 0 Å². The molecule has 17 heavy (non-hydrogen) atoms. The standard InChI is InChI=1S/C12H14O4S/c13-9-3-4-16-11-5-7(1-2-8(9)11)12(15)10(14)6-17/h1-2,5,10,12,14-15,17H,3-4,6H2. The Morgan fingerprint density at radius 2 is 2.18 bits per heavy atom. The molecule has 0 fully saturated rings. The van der Waals surface area contributed by atoms with E-state index in [2.05, 4.69) is 12.6 Å². The first-order valence-electron chi connectivity index (χ1n) is 5.40. The lowest BCUT2D eigenvalue weighted by Crippen LogP contribution is -2.21. The molecule has 2 rings (SSSR count). The molecule has 1 heterocycles. The zero-order valence-electron chi connectivity index (χ0n) is 9.17. The largest absolute Gasteiger partial charge is 0.492 e. The quantitative estimate of drug-likeness (QED) is 0.703. The summed E-state index contributed by atoms with van der Waals surface area (Å²) in [5.74, 6) is 0.684. The number of ketones is 1. The predicted molar refractivity (Wildman–Crippen MR) is 65.7 cm³/mol. The van der Waals surface area contributed by atoms with Crippen LogP contribution in [0.3, 0.4) is 0 Å². The smallest absolute Gasteiger partial charge is 0.169 e. The first-order valence-corrected chi connectivity index (χ1v) is 6.03. The Balaban J connectivity index is 2.30. The molecular weight excluding hydrogens is 240 g/mol. The summed E-state index contributed by atoms with van der Waals surface area (Å²) in [4.78, 5) is 11.6. The fraction of sp³-hybridized carbons (Fsp3) is 0.417. The van der Waals surface area contributed by atoms with Gasteiger partial charge in [0.25, 0.3) is 0 Å². The zero-order chi connectivity index (χ0) is 12.4. The van der Waals surface area contributed by atoms with Gasteiger partial charge in [-0.25, -0.2) is 0 Å². The minimum absolute atomic E-state index is 0.0435. The lowest BCUT2D eigenvalue weighted by atomic mass is 9.99. The number of hydrogen-bond acceptors (Lipinski definition) is 5. The summed E-state index contributed by atoms with van der Waals surface area (Å²) >= 11 is 3.92. The lowest BCUT2D eigenvalue weighted by molar-refractivity contribution is 0.0335. The first-order chi connectivity index (χ1) is 8.13. The summed E-state index contributed by atoms with van der Waals surface area (Å²) in [6.07, 6.45) is -1.57. The number of fused-ring (bicyclic) bond motifs is 1. The van der Waals surface area contributed by atoms with E-state index >= 15 is 0 Å². The third-order valence-electron chi connectivity index (χ3n) is 2.79. The highest BCUT2D eigenvalue weighted by molar-refractivity contribution is 7.80. The van der Waals surface area contributed by atoms with Crippen LogP contribution in [-0.2, 0) is 0 Å². The average molecular weight is 254 g/mol. The number of hydrogen-bond donors (Lipinski definition) is 3. The molecule has 2 N–H and O–H groups in total. The van der Waals surface area contributed by atoms with Crippen LogP contribution in [0, 0.1) is 0 Å². The van der Waals surface area contributed by atoms with Crippen LogP contribution in [-0.4, -0.2) is 34.5 Å². The highest BCUT2D eigenvalue weighted by Crippen LogP contribution is 2.29. The highest BCUT2D eigenvalue weighted by atomic mass is 32.1. The molecule has 1 aliphatic rings. The van der Waals surface area contributed by atoms with Crippen LogP contribution in [0.4, 0.5) is 0 Å². The Labute approximate surface area is 105 Å². The van der Waals surface area contributed by atoms with Gasteiger partial charge in [-0.15, -0.1) is 0 Å². The van der Waals surface area contributed by atoms with Gasteiger partial charge in [0.15, 0.2) is 5.78 Å². The molecule has 1 aliphatic heterocycles. The zero-order valence-corrected chi connectivity index (χ0v) is 10.1. The molecule has 1 aromatic carbocycles. The van der Waals surface area contributed by atoms with E-state index in [4.69, 9.17) is 4.74 Å². The molecule has 0 spiro atoms. The van der Waals surface area contributed by atoms with E-state index in [9.17, 15) is 15.0 Å². The van der Waals surface area contributed by atoms with Crippen molar-refractivity contribution in [3.05, 3.63) is 29.3 Å². The van der Waals surface area contributed by atoms with Crippen molar-refractivity contribution in [1.29, 1.82) is 0 Å². The van der Waals surface area contributed by atoms with Crippen molar-refractivity contribution in [2.24, 2.45) is 0 Å². The van der Waals surface area contributed by atoms with Gasteiger partial charge in [-0.2, -0.15) is 12.6 Å². The summed E-state index contributed by atoms with van der Waals surface area (Å²) in [5.41, 5.74) is 1.06. The van der Waals surface area contributed by atoms with Crippen LogP contribution >= 0.6 is 12.6 Å². The Morgan fingerprint density at radius 3 is 2.88 bits per heavy atom. The molecule has 92 valence electrons. The molecule has 4 nitrogen and oxygen atoms in total. The van der Waals surface area contributed by atoms with E-state index in [0.29, 0.717) is 29.9 Å². The van der Waals surface area contributed by atoms with Crippen molar-refractivity contribution in [1.82, 2.24) is 0 Å². The van der Waals surface area contributed by atoms with Gasteiger partial charge in [0.05, 0.1) is 18.3 Å². The number of ether oxygens (including phenoxy) is 1. The Morgan fingerprint density at radius 1 is 1.41 bits per heavy atom. The van der Waals surface area contributed by atoms with Crippen molar-refractivity contribution in [2.45, 2.75) is 18.6 Å². The van der Waals surface area contributed by atoms with Crippen LogP contribution in [0.1, 0.15) is 28.4 Å². The van der Waals surface area contributed by atoms with Gasteiger partial charge in [-0.3, -0.25) is 4.79 Å². The molecule has 0 radical (unpaired) electrons.